The number of hydrogen-bond acceptors (Lipinski definition) is 5. The number of carbonyl (C=O) groups is 2. The fraction of sp³-hybridized carbons (Fsp3) is 0.333. The number of rotatable bonds is 4. The van der Waals surface area contributed by atoms with Crippen LogP contribution in [0.25, 0.3) is 0 Å². The van der Waals surface area contributed by atoms with Gasteiger partial charge in [-0.1, -0.05) is 6.92 Å². The Labute approximate surface area is 131 Å². The number of thiophene rings is 1. The van der Waals surface area contributed by atoms with Gasteiger partial charge in [0, 0.05) is 18.0 Å². The van der Waals surface area contributed by atoms with Crippen LogP contribution in [0.15, 0.2) is 22.8 Å². The molecule has 3 rings (SSSR count). The van der Waals surface area contributed by atoms with Crippen molar-refractivity contribution in [3.05, 3.63) is 40.2 Å². The van der Waals surface area contributed by atoms with Gasteiger partial charge in [-0.05, 0) is 30.7 Å². The molecule has 2 amide bonds. The number of likely N-dealkylation sites (N-methyl/N-ethyl adjacent to an activating group) is 1. The standard InChI is InChI=1S/C15H17N3O3S/c1-2-18-6-5-9-11(8-18)22-15(12(9)13(16)19)17-14(20)10-4-3-7-21-10/h3-4,7H,2,5-6,8H2,1H3,(H2,16,19)(H,17,20). The van der Waals surface area contributed by atoms with Crippen LogP contribution in [0.2, 0.25) is 0 Å². The summed E-state index contributed by atoms with van der Waals surface area (Å²) in [6, 6.07) is 3.22. The first-order chi connectivity index (χ1) is 10.6. The maximum atomic E-state index is 12.1. The minimum atomic E-state index is -0.503. The SMILES string of the molecule is CCN1CCc2c(sc(NC(=O)c3ccco3)c2C(N)=O)C1. The van der Waals surface area contributed by atoms with Crippen LogP contribution in [0.4, 0.5) is 5.00 Å². The van der Waals surface area contributed by atoms with E-state index in [1.165, 1.54) is 17.6 Å². The number of nitrogens with two attached hydrogens (primary N) is 1. The Morgan fingerprint density at radius 2 is 2.32 bits per heavy atom. The van der Waals surface area contributed by atoms with Crippen molar-refractivity contribution in [1.82, 2.24) is 4.90 Å². The highest BCUT2D eigenvalue weighted by Crippen LogP contribution is 2.37. The highest BCUT2D eigenvalue weighted by Gasteiger charge is 2.27. The van der Waals surface area contributed by atoms with Crippen LogP contribution in [0.3, 0.4) is 0 Å². The number of furan rings is 1. The number of carbonyl (C=O) groups excluding carboxylic acids is 2. The molecule has 22 heavy (non-hydrogen) atoms. The smallest absolute Gasteiger partial charge is 0.291 e. The second kappa shape index (κ2) is 5.94. The third-order valence-electron chi connectivity index (χ3n) is 3.80. The van der Waals surface area contributed by atoms with Crippen molar-refractivity contribution >= 4 is 28.2 Å². The molecule has 1 aliphatic heterocycles. The van der Waals surface area contributed by atoms with Gasteiger partial charge in [0.1, 0.15) is 5.00 Å². The van der Waals surface area contributed by atoms with Gasteiger partial charge < -0.3 is 15.5 Å². The molecule has 116 valence electrons. The lowest BCUT2D eigenvalue weighted by molar-refractivity contribution is 0.0997. The zero-order chi connectivity index (χ0) is 15.7. The minimum Gasteiger partial charge on any atom is -0.459 e. The van der Waals surface area contributed by atoms with Crippen molar-refractivity contribution in [2.24, 2.45) is 5.73 Å². The first kappa shape index (κ1) is 14.8. The zero-order valence-corrected chi connectivity index (χ0v) is 13.0. The van der Waals surface area contributed by atoms with Crippen molar-refractivity contribution in [2.75, 3.05) is 18.4 Å². The molecule has 6 nitrogen and oxygen atoms in total. The molecule has 1 aliphatic rings. The van der Waals surface area contributed by atoms with Crippen LogP contribution < -0.4 is 11.1 Å². The molecule has 0 saturated carbocycles. The lowest BCUT2D eigenvalue weighted by Crippen LogP contribution is -2.30. The van der Waals surface area contributed by atoms with E-state index >= 15 is 0 Å². The molecule has 0 aromatic carbocycles. The average molecular weight is 319 g/mol. The highest BCUT2D eigenvalue weighted by atomic mass is 32.1. The van der Waals surface area contributed by atoms with Gasteiger partial charge in [0.05, 0.1) is 11.8 Å². The summed E-state index contributed by atoms with van der Waals surface area (Å²) >= 11 is 1.42. The third kappa shape index (κ3) is 2.65. The van der Waals surface area contributed by atoms with Gasteiger partial charge in [-0.25, -0.2) is 0 Å². The van der Waals surface area contributed by atoms with Gasteiger partial charge in [0.2, 0.25) is 0 Å². The number of nitrogens with zero attached hydrogens (tertiary/aromatic N) is 1. The van der Waals surface area contributed by atoms with E-state index in [0.717, 1.165) is 36.5 Å². The summed E-state index contributed by atoms with van der Waals surface area (Å²) in [5, 5.41) is 3.26. The van der Waals surface area contributed by atoms with Crippen molar-refractivity contribution in [3.63, 3.8) is 0 Å². The summed E-state index contributed by atoms with van der Waals surface area (Å²) < 4.78 is 5.07. The van der Waals surface area contributed by atoms with Crippen molar-refractivity contribution in [3.8, 4) is 0 Å². The maximum Gasteiger partial charge on any atom is 0.291 e. The minimum absolute atomic E-state index is 0.206. The molecule has 0 radical (unpaired) electrons. The monoisotopic (exact) mass is 319 g/mol. The van der Waals surface area contributed by atoms with Crippen LogP contribution in [0.1, 0.15) is 38.3 Å². The van der Waals surface area contributed by atoms with E-state index in [1.54, 1.807) is 12.1 Å². The van der Waals surface area contributed by atoms with Gasteiger partial charge in [-0.2, -0.15) is 0 Å². The van der Waals surface area contributed by atoms with E-state index in [2.05, 4.69) is 17.1 Å². The Kier molecular flexibility index (Phi) is 4.00. The van der Waals surface area contributed by atoms with Crippen molar-refractivity contribution in [1.29, 1.82) is 0 Å². The van der Waals surface area contributed by atoms with E-state index in [0.29, 0.717) is 10.6 Å². The first-order valence-corrected chi connectivity index (χ1v) is 7.93. The summed E-state index contributed by atoms with van der Waals surface area (Å²) in [4.78, 5) is 27.3. The van der Waals surface area contributed by atoms with Crippen LogP contribution in [-0.2, 0) is 13.0 Å². The Morgan fingerprint density at radius 3 is 2.95 bits per heavy atom. The molecule has 0 aliphatic carbocycles. The molecule has 2 aromatic rings. The number of hydrogen-bond donors (Lipinski definition) is 2. The summed E-state index contributed by atoms with van der Waals surface area (Å²) in [6.45, 7) is 4.74. The average Bonchev–Trinajstić information content (AvgIpc) is 3.13. The topological polar surface area (TPSA) is 88.6 Å². The molecule has 3 heterocycles. The van der Waals surface area contributed by atoms with E-state index in [9.17, 15) is 9.59 Å². The van der Waals surface area contributed by atoms with E-state index < -0.39 is 5.91 Å². The summed E-state index contributed by atoms with van der Waals surface area (Å²) in [7, 11) is 0. The fourth-order valence-corrected chi connectivity index (χ4v) is 3.94. The van der Waals surface area contributed by atoms with Crippen molar-refractivity contribution < 1.29 is 14.0 Å². The summed E-state index contributed by atoms with van der Waals surface area (Å²) in [5.74, 6) is -0.674. The van der Waals surface area contributed by atoms with Gasteiger partial charge in [-0.3, -0.25) is 14.5 Å². The quantitative estimate of drug-likeness (QED) is 0.903. The van der Waals surface area contributed by atoms with Gasteiger partial charge in [0.25, 0.3) is 11.8 Å². The molecule has 0 fully saturated rings. The molecule has 3 N–H and O–H groups in total. The van der Waals surface area contributed by atoms with Crippen LogP contribution in [0, 0.1) is 0 Å². The van der Waals surface area contributed by atoms with Crippen LogP contribution >= 0.6 is 11.3 Å². The molecule has 0 bridgehead atoms. The number of fused-ring (bicyclic) bond motifs is 1. The number of primary amides is 1. The second-order valence-corrected chi connectivity index (χ2v) is 6.23. The lowest BCUT2D eigenvalue weighted by atomic mass is 10.0. The number of nitrogens with one attached hydrogen (secondary N) is 1. The second-order valence-electron chi connectivity index (χ2n) is 5.12. The zero-order valence-electron chi connectivity index (χ0n) is 12.2. The first-order valence-electron chi connectivity index (χ1n) is 7.11. The van der Waals surface area contributed by atoms with E-state index in [4.69, 9.17) is 10.2 Å². The van der Waals surface area contributed by atoms with Crippen LogP contribution in [-0.4, -0.2) is 29.8 Å². The predicted molar refractivity (Wildman–Crippen MR) is 84.2 cm³/mol. The molecule has 0 saturated heterocycles. The maximum absolute atomic E-state index is 12.1. The third-order valence-corrected chi connectivity index (χ3v) is 4.93. The molecule has 0 unspecified atom stereocenters. The van der Waals surface area contributed by atoms with Gasteiger partial charge >= 0.3 is 0 Å². The Morgan fingerprint density at radius 1 is 1.50 bits per heavy atom. The molecule has 0 spiro atoms. The molecular formula is C15H17N3O3S. The van der Waals surface area contributed by atoms with E-state index in [-0.39, 0.29) is 11.7 Å². The molecule has 0 atom stereocenters. The molecule has 7 heteroatoms. The lowest BCUT2D eigenvalue weighted by Gasteiger charge is -2.25. The largest absolute Gasteiger partial charge is 0.459 e. The van der Waals surface area contributed by atoms with Gasteiger partial charge in [0.15, 0.2) is 5.76 Å². The molecular weight excluding hydrogens is 302 g/mol. The van der Waals surface area contributed by atoms with Gasteiger partial charge in [-0.15, -0.1) is 11.3 Å². The summed E-state index contributed by atoms with van der Waals surface area (Å²) in [5.41, 5.74) is 6.93. The van der Waals surface area contributed by atoms with Crippen LogP contribution in [0.5, 0.6) is 0 Å². The Bertz CT molecular complexity index is 706. The number of amides is 2. The Hall–Kier alpha value is -2.12. The summed E-state index contributed by atoms with van der Waals surface area (Å²) in [6.07, 6.45) is 2.21. The van der Waals surface area contributed by atoms with E-state index in [1.807, 2.05) is 0 Å². The predicted octanol–water partition coefficient (Wildman–Crippen LogP) is 2.07. The fourth-order valence-electron chi connectivity index (χ4n) is 2.65. The Balaban J connectivity index is 1.92. The highest BCUT2D eigenvalue weighted by molar-refractivity contribution is 7.17. The van der Waals surface area contributed by atoms with Crippen molar-refractivity contribution in [2.45, 2.75) is 19.9 Å². The number of anilines is 1. The molecule has 2 aromatic heterocycles. The normalized spacial score (nSPS) is 14.6.